The van der Waals surface area contributed by atoms with Crippen LogP contribution < -0.4 is 15.8 Å². The zero-order valence-electron chi connectivity index (χ0n) is 21.9. The van der Waals surface area contributed by atoms with Crippen LogP contribution in [0.15, 0.2) is 62.1 Å². The molecule has 2 aromatic carbocycles. The number of hydrogen-bond donors (Lipinski definition) is 1. The van der Waals surface area contributed by atoms with E-state index in [1.165, 1.54) is 12.3 Å². The molecule has 0 spiro atoms. The lowest BCUT2D eigenvalue weighted by molar-refractivity contribution is -0.118. The summed E-state index contributed by atoms with van der Waals surface area (Å²) in [5, 5.41) is 12.8. The second-order valence-corrected chi connectivity index (χ2v) is 10.6. The molecule has 1 amide bonds. The molecular formula is C27H27ClFN7O3S. The maximum Gasteiger partial charge on any atom is 0.277 e. The number of piperazine rings is 1. The fraction of sp³-hybridized carbons (Fsp3) is 0.296. The Morgan fingerprint density at radius 3 is 2.67 bits per heavy atom. The molecule has 0 unspecified atom stereocenters. The van der Waals surface area contributed by atoms with Gasteiger partial charge in [-0.05, 0) is 43.8 Å². The van der Waals surface area contributed by atoms with Gasteiger partial charge in [0.25, 0.3) is 17.0 Å². The van der Waals surface area contributed by atoms with E-state index in [0.29, 0.717) is 35.9 Å². The Bertz CT molecular complexity index is 1620. The Hall–Kier alpha value is -3.74. The Labute approximate surface area is 238 Å². The topological polar surface area (TPSA) is 109 Å². The Kier molecular flexibility index (Phi) is 8.48. The molecule has 208 valence electrons. The number of thioether (sulfide) groups is 1. The fourth-order valence-corrected chi connectivity index (χ4v) is 5.05. The van der Waals surface area contributed by atoms with Gasteiger partial charge in [0, 0.05) is 49.3 Å². The average Bonchev–Trinajstić information content (AvgIpc) is 3.43. The molecule has 2 aromatic heterocycles. The van der Waals surface area contributed by atoms with Crippen LogP contribution in [0.2, 0.25) is 5.02 Å². The van der Waals surface area contributed by atoms with Gasteiger partial charge in [0.05, 0.1) is 23.2 Å². The molecule has 0 radical (unpaired) electrons. The number of likely N-dealkylation sites (N-methyl/N-ethyl adjacent to an activating group) is 1. The van der Waals surface area contributed by atoms with Gasteiger partial charge in [-0.25, -0.2) is 9.82 Å². The van der Waals surface area contributed by atoms with Crippen LogP contribution in [0.4, 0.5) is 10.1 Å². The maximum absolute atomic E-state index is 15.2. The van der Waals surface area contributed by atoms with Gasteiger partial charge in [0.2, 0.25) is 5.43 Å². The van der Waals surface area contributed by atoms with Gasteiger partial charge in [-0.3, -0.25) is 9.59 Å². The van der Waals surface area contributed by atoms with E-state index in [-0.39, 0.29) is 33.7 Å². The summed E-state index contributed by atoms with van der Waals surface area (Å²) in [4.78, 5) is 29.8. The van der Waals surface area contributed by atoms with Crippen LogP contribution in [0.1, 0.15) is 12.5 Å². The molecule has 0 saturated carbocycles. The van der Waals surface area contributed by atoms with Crippen LogP contribution in [0.5, 0.6) is 0 Å². The summed E-state index contributed by atoms with van der Waals surface area (Å²) in [6, 6.07) is 10.0. The second-order valence-electron chi connectivity index (χ2n) is 9.28. The van der Waals surface area contributed by atoms with Gasteiger partial charge >= 0.3 is 0 Å². The van der Waals surface area contributed by atoms with Crippen molar-refractivity contribution < 1.29 is 13.6 Å². The number of hydrazone groups is 1. The van der Waals surface area contributed by atoms with E-state index in [0.717, 1.165) is 30.4 Å². The third-order valence-electron chi connectivity index (χ3n) is 6.57. The normalized spacial score (nSPS) is 14.3. The third kappa shape index (κ3) is 6.19. The van der Waals surface area contributed by atoms with E-state index in [2.05, 4.69) is 25.6 Å². The summed E-state index contributed by atoms with van der Waals surface area (Å²) in [5.74, 6) is -0.848. The number of halogens is 2. The van der Waals surface area contributed by atoms with E-state index in [4.69, 9.17) is 16.0 Å². The Morgan fingerprint density at radius 1 is 1.20 bits per heavy atom. The minimum atomic E-state index is -0.444. The number of carbonyl (C=O) groups is 1. The van der Waals surface area contributed by atoms with E-state index in [1.54, 1.807) is 36.5 Å². The molecule has 13 heteroatoms. The number of fused-ring (bicyclic) bond motifs is 1. The van der Waals surface area contributed by atoms with Crippen molar-refractivity contribution in [2.75, 3.05) is 43.9 Å². The van der Waals surface area contributed by atoms with Crippen LogP contribution in [-0.2, 0) is 11.3 Å². The van der Waals surface area contributed by atoms with E-state index >= 15 is 4.39 Å². The Balaban J connectivity index is 1.31. The van der Waals surface area contributed by atoms with Crippen molar-refractivity contribution in [3.05, 3.63) is 69.2 Å². The van der Waals surface area contributed by atoms with Gasteiger partial charge in [0.15, 0.2) is 0 Å². The summed E-state index contributed by atoms with van der Waals surface area (Å²) in [6.45, 7) is 5.59. The summed E-state index contributed by atoms with van der Waals surface area (Å²) in [6.07, 6.45) is 3.15. The fourth-order valence-electron chi connectivity index (χ4n) is 4.37. The number of aromatic nitrogens is 3. The summed E-state index contributed by atoms with van der Waals surface area (Å²) in [5.41, 5.74) is 4.09. The first-order chi connectivity index (χ1) is 19.3. The van der Waals surface area contributed by atoms with Gasteiger partial charge in [-0.15, -0.1) is 10.2 Å². The molecule has 1 aliphatic rings. The SMILES string of the molecule is CCn1cc(-c2nnc(SCC(=O)N/N=C/c3ccc(Cl)cc3)o2)c(=O)c2cc(F)c(N3CCN(C)CC3)cc21. The zero-order valence-corrected chi connectivity index (χ0v) is 23.5. The monoisotopic (exact) mass is 583 g/mol. The van der Waals surface area contributed by atoms with Crippen LogP contribution >= 0.6 is 23.4 Å². The Morgan fingerprint density at radius 2 is 1.95 bits per heavy atom. The quantitative estimate of drug-likeness (QED) is 0.189. The largest absolute Gasteiger partial charge is 0.411 e. The predicted molar refractivity (Wildman–Crippen MR) is 155 cm³/mol. The molecule has 5 rings (SSSR count). The lowest BCUT2D eigenvalue weighted by Crippen LogP contribution is -2.44. The molecule has 0 aliphatic carbocycles. The van der Waals surface area contributed by atoms with E-state index < -0.39 is 11.2 Å². The van der Waals surface area contributed by atoms with Crippen molar-refractivity contribution in [1.29, 1.82) is 0 Å². The van der Waals surface area contributed by atoms with Crippen LogP contribution in [-0.4, -0.2) is 70.8 Å². The second kappa shape index (κ2) is 12.2. The number of amides is 1. The van der Waals surface area contributed by atoms with Crippen LogP contribution in [0.3, 0.4) is 0 Å². The number of rotatable bonds is 8. The number of nitrogens with one attached hydrogen (secondary N) is 1. The smallest absolute Gasteiger partial charge is 0.277 e. The molecule has 1 fully saturated rings. The van der Waals surface area contributed by atoms with Gasteiger partial charge < -0.3 is 18.8 Å². The highest BCUT2D eigenvalue weighted by molar-refractivity contribution is 7.99. The molecule has 0 bridgehead atoms. The number of nitrogens with zero attached hydrogens (tertiary/aromatic N) is 6. The molecule has 40 heavy (non-hydrogen) atoms. The molecule has 4 aromatic rings. The van der Waals surface area contributed by atoms with Gasteiger partial charge in [0.1, 0.15) is 11.4 Å². The highest BCUT2D eigenvalue weighted by Gasteiger charge is 2.22. The molecule has 10 nitrogen and oxygen atoms in total. The zero-order chi connectivity index (χ0) is 28.2. The van der Waals surface area contributed by atoms with Crippen molar-refractivity contribution in [2.24, 2.45) is 5.10 Å². The van der Waals surface area contributed by atoms with Crippen molar-refractivity contribution in [2.45, 2.75) is 18.7 Å². The number of carbonyl (C=O) groups excluding carboxylic acids is 1. The number of pyridine rings is 1. The number of aryl methyl sites for hydroxylation is 1. The molecule has 1 N–H and O–H groups in total. The van der Waals surface area contributed by atoms with Gasteiger partial charge in [-0.1, -0.05) is 35.5 Å². The summed E-state index contributed by atoms with van der Waals surface area (Å²) < 4.78 is 22.8. The first kappa shape index (κ1) is 27.8. The molecule has 0 atom stereocenters. The molecule has 3 heterocycles. The van der Waals surface area contributed by atoms with Gasteiger partial charge in [-0.2, -0.15) is 5.10 Å². The lowest BCUT2D eigenvalue weighted by Gasteiger charge is -2.34. The van der Waals surface area contributed by atoms with Crippen molar-refractivity contribution in [3.63, 3.8) is 0 Å². The average molecular weight is 584 g/mol. The van der Waals surface area contributed by atoms with Crippen LogP contribution in [0, 0.1) is 5.82 Å². The third-order valence-corrected chi connectivity index (χ3v) is 7.64. The van der Waals surface area contributed by atoms with Crippen molar-refractivity contribution in [3.8, 4) is 11.5 Å². The van der Waals surface area contributed by atoms with E-state index in [1.807, 2.05) is 23.4 Å². The minimum Gasteiger partial charge on any atom is -0.411 e. The molecule has 1 saturated heterocycles. The van der Waals surface area contributed by atoms with Crippen LogP contribution in [0.25, 0.3) is 22.4 Å². The lowest BCUT2D eigenvalue weighted by atomic mass is 10.1. The number of hydrogen-bond acceptors (Lipinski definition) is 9. The summed E-state index contributed by atoms with van der Waals surface area (Å²) >= 11 is 6.87. The predicted octanol–water partition coefficient (Wildman–Crippen LogP) is 3.86. The standard InChI is InChI=1S/C27H27ClFN7O3S/c1-3-35-15-20(25(38)19-12-21(29)23(13-22(19)35)36-10-8-34(2)9-11-36)26-32-33-27(39-26)40-16-24(37)31-30-14-17-4-6-18(28)7-5-17/h4-7,12-15H,3,8-11,16H2,1-2H3,(H,31,37)/b30-14+. The highest BCUT2D eigenvalue weighted by Crippen LogP contribution is 2.28. The maximum atomic E-state index is 15.2. The molecular weight excluding hydrogens is 557 g/mol. The highest BCUT2D eigenvalue weighted by atomic mass is 35.5. The van der Waals surface area contributed by atoms with Crippen molar-refractivity contribution in [1.82, 2.24) is 25.1 Å². The first-order valence-corrected chi connectivity index (χ1v) is 14.0. The first-order valence-electron chi connectivity index (χ1n) is 12.7. The molecule has 1 aliphatic heterocycles. The van der Waals surface area contributed by atoms with E-state index in [9.17, 15) is 9.59 Å². The minimum absolute atomic E-state index is 0.00122. The number of anilines is 1. The number of benzene rings is 2. The van der Waals surface area contributed by atoms with Crippen molar-refractivity contribution >= 4 is 52.1 Å². The summed E-state index contributed by atoms with van der Waals surface area (Å²) in [7, 11) is 2.04.